The van der Waals surface area contributed by atoms with Crippen LogP contribution in [0.15, 0.2) is 94.5 Å². The minimum Gasteiger partial charge on any atom is -0.465 e. The number of ether oxygens (including phenoxy) is 4. The van der Waals surface area contributed by atoms with Crippen molar-refractivity contribution in [3.05, 3.63) is 138 Å². The van der Waals surface area contributed by atoms with Gasteiger partial charge in [-0.25, -0.2) is 28.5 Å². The molecule has 6 saturated heterocycles. The van der Waals surface area contributed by atoms with Gasteiger partial charge in [0.25, 0.3) is 11.8 Å². The van der Waals surface area contributed by atoms with E-state index in [4.69, 9.17) is 53.6 Å². The first-order valence-electron chi connectivity index (χ1n) is 39.6. The number of H-pyrrole nitrogens is 2. The Morgan fingerprint density at radius 1 is 0.482 bits per heavy atom. The highest BCUT2D eigenvalue weighted by Crippen LogP contribution is 2.42. The molecule has 0 spiro atoms. The van der Waals surface area contributed by atoms with Crippen LogP contribution in [-0.4, -0.2) is 212 Å². The number of rotatable bonds is 24. The molecule has 4 aromatic carbocycles. The van der Waals surface area contributed by atoms with E-state index in [0.717, 1.165) is 126 Å². The van der Waals surface area contributed by atoms with Crippen LogP contribution in [0, 0.1) is 23.7 Å². The number of nitrogens with zero attached hydrogens (tertiary/aromatic N) is 10. The van der Waals surface area contributed by atoms with Gasteiger partial charge in [-0.2, -0.15) is 26.3 Å². The Morgan fingerprint density at radius 3 is 1.18 bits per heavy atom. The molecule has 2 atom stereocenters. The first-order valence-corrected chi connectivity index (χ1v) is 40.4. The smallest absolute Gasteiger partial charge is 0.418 e. The number of amides is 4. The van der Waals surface area contributed by atoms with Crippen LogP contribution >= 0.6 is 23.2 Å². The maximum absolute atomic E-state index is 14.2. The summed E-state index contributed by atoms with van der Waals surface area (Å²) in [6.45, 7) is 10.9. The van der Waals surface area contributed by atoms with Gasteiger partial charge in [0, 0.05) is 76.3 Å². The zero-order chi connectivity index (χ0) is 81.4. The van der Waals surface area contributed by atoms with E-state index < -0.39 is 71.1 Å². The molecule has 0 radical (unpaired) electrons. The second-order valence-electron chi connectivity index (χ2n) is 30.5. The van der Waals surface area contributed by atoms with Crippen molar-refractivity contribution < 1.29 is 74.1 Å². The van der Waals surface area contributed by atoms with Gasteiger partial charge in [0.1, 0.15) is 0 Å². The Morgan fingerprint density at radius 2 is 0.833 bits per heavy atom. The Kier molecular flexibility index (Phi) is 29.7. The topological polar surface area (TPSA) is 312 Å². The Hall–Kier alpha value is -9.14. The molecule has 34 heteroatoms. The second kappa shape index (κ2) is 39.5. The number of benzene rings is 4. The third-order valence-electron chi connectivity index (χ3n) is 23.0. The van der Waals surface area contributed by atoms with Crippen molar-refractivity contribution in [1.82, 2.24) is 58.9 Å². The van der Waals surface area contributed by atoms with Crippen molar-refractivity contribution in [3.8, 4) is 22.8 Å². The van der Waals surface area contributed by atoms with Gasteiger partial charge in [-0.05, 0) is 176 Å². The van der Waals surface area contributed by atoms with E-state index in [1.165, 1.54) is 31.3 Å². The average Bonchev–Trinajstić information content (AvgIpc) is 1.19. The quantitative estimate of drug-likeness (QED) is 0.0144. The number of carbonyl (C=O) groups is 6. The van der Waals surface area contributed by atoms with Crippen LogP contribution in [0.25, 0.3) is 22.8 Å². The highest BCUT2D eigenvalue weighted by molar-refractivity contribution is 6.33. The zero-order valence-corrected chi connectivity index (χ0v) is 65.8. The third kappa shape index (κ3) is 22.7. The monoisotopic (exact) mass is 1630 g/mol. The molecular weight excluding hydrogens is 1530 g/mol. The fraction of sp³-hybridized carbons (Fsp3) is 0.575. The van der Waals surface area contributed by atoms with Crippen molar-refractivity contribution in [2.75, 3.05) is 116 Å². The molecule has 26 nitrogen and oxygen atoms in total. The standard InChI is InChI=1S/C42H55ClF3N7O6.C38H47ClF3N7O6/c1-2-3-4-8-23-58-36(54)27-50-17-11-29(12-18-50)30-13-19-51(20-14-30)39(55)35(26-28-24-33(42(44,45)46)37(47)34(43)25-28)59-41(57)52-21-15-32(16-22-52)53-40(56)48-38(49-53)31-9-6-5-7-10-31;1-2-54-32(50)23-46-14-8-25(9-15-46)26-10-16-47(17-11-26)35(51)31(22-24-20-29(38(40,41)42)33(43)30(39)21-24)55-37(53)48-18-12-28(13-19-48)49-36(52)44-34(45-49)27-6-4-3-5-7-27/h5-7,9-10,24-25,29-30,32,35H,2-4,8,11-23,26-27,47H2,1H3,(H,48,49,56);3-7,20-21,25-26,28,31H,2,8-19,22-23,43H2,1H3,(H,44,45,52)/t35-;31-/m11/s1. The van der Waals surface area contributed by atoms with E-state index >= 15 is 0 Å². The summed E-state index contributed by atoms with van der Waals surface area (Å²) < 4.78 is 108. The number of anilines is 2. The number of nitrogens with two attached hydrogens (primary N) is 2. The molecule has 12 rings (SSSR count). The van der Waals surface area contributed by atoms with E-state index in [1.807, 2.05) is 60.7 Å². The molecule has 114 heavy (non-hydrogen) atoms. The molecule has 0 aliphatic carbocycles. The van der Waals surface area contributed by atoms with Gasteiger partial charge in [-0.3, -0.25) is 38.9 Å². The number of alkyl halides is 6. The van der Waals surface area contributed by atoms with Gasteiger partial charge in [0.05, 0.1) is 70.9 Å². The summed E-state index contributed by atoms with van der Waals surface area (Å²) in [6, 6.07) is 22.1. The van der Waals surface area contributed by atoms with E-state index in [0.29, 0.717) is 100 Å². The number of carbonyl (C=O) groups excluding carboxylic acids is 6. The lowest BCUT2D eigenvalue weighted by atomic mass is 9.78. The largest absolute Gasteiger partial charge is 0.465 e. The van der Waals surface area contributed by atoms with Crippen LogP contribution in [0.1, 0.15) is 151 Å². The maximum Gasteiger partial charge on any atom is 0.418 e. The molecule has 6 fully saturated rings. The van der Waals surface area contributed by atoms with E-state index in [-0.39, 0.29) is 109 Å². The predicted octanol–water partition coefficient (Wildman–Crippen LogP) is 12.3. The lowest BCUT2D eigenvalue weighted by molar-refractivity contribution is -0.146. The van der Waals surface area contributed by atoms with Crippen LogP contribution in [0.2, 0.25) is 10.0 Å². The number of piperidine rings is 6. The number of esters is 2. The molecule has 0 saturated carbocycles. The first-order chi connectivity index (χ1) is 54.6. The van der Waals surface area contributed by atoms with Crippen LogP contribution in [0.5, 0.6) is 0 Å². The number of nitrogen functional groups attached to an aromatic ring is 2. The number of halogens is 8. The van der Waals surface area contributed by atoms with Gasteiger partial charge < -0.3 is 50.0 Å². The summed E-state index contributed by atoms with van der Waals surface area (Å²) in [5, 5.41) is 8.34. The molecule has 6 aromatic rings. The molecule has 4 amide bonds. The van der Waals surface area contributed by atoms with Gasteiger partial charge in [-0.15, -0.1) is 10.2 Å². The second-order valence-corrected chi connectivity index (χ2v) is 31.3. The van der Waals surface area contributed by atoms with Crippen molar-refractivity contribution in [2.24, 2.45) is 23.7 Å². The van der Waals surface area contributed by atoms with Crippen LogP contribution in [-0.2, 0) is 63.3 Å². The summed E-state index contributed by atoms with van der Waals surface area (Å²) in [5.74, 6) is 1.07. The fourth-order valence-electron chi connectivity index (χ4n) is 16.5. The van der Waals surface area contributed by atoms with Crippen LogP contribution < -0.4 is 22.8 Å². The van der Waals surface area contributed by atoms with Gasteiger partial charge in [-0.1, -0.05) is 110 Å². The van der Waals surface area contributed by atoms with Gasteiger partial charge in [0.15, 0.2) is 23.9 Å². The minimum atomic E-state index is -4.79. The summed E-state index contributed by atoms with van der Waals surface area (Å²) in [5.41, 5.74) is 8.73. The number of hydrogen-bond acceptors (Lipinski definition) is 18. The minimum absolute atomic E-state index is 0.0491. The Balaban J connectivity index is 0.000000225. The summed E-state index contributed by atoms with van der Waals surface area (Å²) >= 11 is 12.3. The van der Waals surface area contributed by atoms with E-state index in [2.05, 4.69) is 36.9 Å². The van der Waals surface area contributed by atoms with Gasteiger partial charge in [0.2, 0.25) is 0 Å². The van der Waals surface area contributed by atoms with Crippen molar-refractivity contribution in [2.45, 2.75) is 166 Å². The summed E-state index contributed by atoms with van der Waals surface area (Å²) in [6.07, 6.45) is -2.25. The number of hydrogen-bond donors (Lipinski definition) is 4. The van der Waals surface area contributed by atoms with E-state index in [9.17, 15) is 64.7 Å². The molecule has 6 N–H and O–H groups in total. The van der Waals surface area contributed by atoms with Crippen molar-refractivity contribution in [1.29, 1.82) is 0 Å². The molecule has 0 bridgehead atoms. The predicted molar refractivity (Wildman–Crippen MR) is 415 cm³/mol. The highest BCUT2D eigenvalue weighted by Gasteiger charge is 2.42. The Labute approximate surface area is 667 Å². The number of aromatic amines is 2. The van der Waals surface area contributed by atoms with Crippen molar-refractivity contribution >= 4 is 70.5 Å². The Bertz CT molecular complexity index is 4350. The number of nitrogens with one attached hydrogen (secondary N) is 2. The summed E-state index contributed by atoms with van der Waals surface area (Å²) in [7, 11) is 0. The number of aromatic nitrogens is 6. The molecule has 6 aliphatic rings. The molecule has 0 unspecified atom stereocenters. The number of likely N-dealkylation sites (tertiary alicyclic amines) is 6. The third-order valence-corrected chi connectivity index (χ3v) is 23.6. The SMILES string of the molecule is CCCCCCOC(=O)CN1CCC(C2CCN(C(=O)[C@@H](Cc3cc(Cl)c(N)c(C(F)(F)F)c3)OC(=O)N3CCC(n4nc(-c5ccccc5)[nH]c4=O)CC3)CC2)CC1.CCOC(=O)CN1CCC(C2CCN(C(=O)[C@@H](Cc3cc(Cl)c(N)c(C(F)(F)F)c3)OC(=O)N3CCC(n4nc(-c5ccccc5)[nH]c4=O)CC3)CC2)CC1. The fourth-order valence-corrected chi connectivity index (χ4v) is 17.0. The van der Waals surface area contributed by atoms with E-state index in [1.54, 1.807) is 16.7 Å². The average molecular weight is 1640 g/mol. The van der Waals surface area contributed by atoms with Crippen LogP contribution in [0.3, 0.4) is 0 Å². The van der Waals surface area contributed by atoms with Crippen molar-refractivity contribution in [3.63, 3.8) is 0 Å². The molecule has 8 heterocycles. The maximum atomic E-state index is 14.2. The number of unbranched alkanes of at least 4 members (excludes halogenated alkanes) is 3. The lowest BCUT2D eigenvalue weighted by Gasteiger charge is -2.40. The molecule has 6 aliphatic heterocycles. The molecular formula is C80H102Cl2F6N14O12. The molecule has 620 valence electrons. The van der Waals surface area contributed by atoms with Crippen LogP contribution in [0.4, 0.5) is 47.3 Å². The lowest BCUT2D eigenvalue weighted by Crippen LogP contribution is -2.49. The summed E-state index contributed by atoms with van der Waals surface area (Å²) in [4.78, 5) is 121. The normalized spacial score (nSPS) is 18.4. The zero-order valence-electron chi connectivity index (χ0n) is 64.3. The highest BCUT2D eigenvalue weighted by atomic mass is 35.5. The first kappa shape index (κ1) is 85.7. The van der Waals surface area contributed by atoms with Gasteiger partial charge >= 0.3 is 47.9 Å². The molecule has 2 aromatic heterocycles.